The Labute approximate surface area is 176 Å². The van der Waals surface area contributed by atoms with Gasteiger partial charge in [0.25, 0.3) is 0 Å². The van der Waals surface area contributed by atoms with Crippen molar-refractivity contribution in [3.8, 4) is 0 Å². The molecule has 7 heteroatoms. The number of nitrogens with zero attached hydrogens (tertiary/aromatic N) is 2. The lowest BCUT2D eigenvalue weighted by Crippen LogP contribution is -2.60. The molecule has 6 nitrogen and oxygen atoms in total. The van der Waals surface area contributed by atoms with E-state index in [1.807, 2.05) is 29.2 Å². The van der Waals surface area contributed by atoms with Crippen molar-refractivity contribution in [3.05, 3.63) is 34.9 Å². The van der Waals surface area contributed by atoms with Crippen LogP contribution in [-0.4, -0.2) is 60.4 Å². The Morgan fingerprint density at radius 1 is 1.10 bits per heavy atom. The van der Waals surface area contributed by atoms with Crippen molar-refractivity contribution < 1.29 is 19.1 Å². The van der Waals surface area contributed by atoms with Crippen LogP contribution >= 0.6 is 11.6 Å². The van der Waals surface area contributed by atoms with Gasteiger partial charge in [0.2, 0.25) is 11.8 Å². The summed E-state index contributed by atoms with van der Waals surface area (Å²) >= 11 is 6.03. The first-order valence-corrected chi connectivity index (χ1v) is 10.6. The summed E-state index contributed by atoms with van der Waals surface area (Å²) in [4.78, 5) is 41.8. The molecule has 2 aliphatic heterocycles. The van der Waals surface area contributed by atoms with E-state index in [1.165, 1.54) is 7.11 Å². The molecule has 0 bridgehead atoms. The highest BCUT2D eigenvalue weighted by atomic mass is 35.5. The van der Waals surface area contributed by atoms with Gasteiger partial charge in [-0.25, -0.2) is 0 Å². The van der Waals surface area contributed by atoms with Crippen molar-refractivity contribution >= 4 is 29.4 Å². The SMILES string of the molecule is COC(=O)C1CC(=O)N(C)C12CCN(C(=O)C1(c3ccc(Cl)cc3)CCC1)CC2. The molecule has 3 fully saturated rings. The smallest absolute Gasteiger partial charge is 0.311 e. The largest absolute Gasteiger partial charge is 0.469 e. The fourth-order valence-electron chi connectivity index (χ4n) is 5.44. The maximum absolute atomic E-state index is 13.5. The molecule has 156 valence electrons. The third kappa shape index (κ3) is 3.03. The molecule has 1 atom stereocenters. The Kier molecular flexibility index (Phi) is 5.09. The molecule has 0 aromatic heterocycles. The lowest BCUT2D eigenvalue weighted by Gasteiger charge is -2.49. The first-order valence-electron chi connectivity index (χ1n) is 10.2. The normalized spacial score (nSPS) is 25.1. The first-order chi connectivity index (χ1) is 13.8. The Balaban J connectivity index is 1.53. The molecule has 1 aliphatic carbocycles. The lowest BCUT2D eigenvalue weighted by atomic mass is 9.63. The van der Waals surface area contributed by atoms with Crippen LogP contribution < -0.4 is 0 Å². The Morgan fingerprint density at radius 3 is 2.24 bits per heavy atom. The zero-order valence-electron chi connectivity index (χ0n) is 16.9. The van der Waals surface area contributed by atoms with E-state index in [-0.39, 0.29) is 24.2 Å². The van der Waals surface area contributed by atoms with Crippen LogP contribution in [0.25, 0.3) is 0 Å². The molecule has 2 amide bonds. The minimum Gasteiger partial charge on any atom is -0.469 e. The summed E-state index contributed by atoms with van der Waals surface area (Å²) in [7, 11) is 3.13. The number of ether oxygens (including phenoxy) is 1. The molecule has 2 heterocycles. The molecular weight excluding hydrogens is 392 g/mol. The Hall–Kier alpha value is -2.08. The first kappa shape index (κ1) is 20.2. The van der Waals surface area contributed by atoms with E-state index in [0.29, 0.717) is 31.0 Å². The van der Waals surface area contributed by atoms with Gasteiger partial charge in [-0.2, -0.15) is 0 Å². The zero-order valence-corrected chi connectivity index (χ0v) is 17.7. The molecular formula is C22H27ClN2O4. The summed E-state index contributed by atoms with van der Waals surface area (Å²) in [6.45, 7) is 1.08. The van der Waals surface area contributed by atoms with Gasteiger partial charge in [-0.1, -0.05) is 30.2 Å². The summed E-state index contributed by atoms with van der Waals surface area (Å²) in [5, 5.41) is 0.665. The highest BCUT2D eigenvalue weighted by Crippen LogP contribution is 2.48. The van der Waals surface area contributed by atoms with Crippen LogP contribution in [0.5, 0.6) is 0 Å². The number of piperidine rings is 1. The molecule has 4 rings (SSSR count). The quantitative estimate of drug-likeness (QED) is 0.708. The highest BCUT2D eigenvalue weighted by molar-refractivity contribution is 6.30. The van der Waals surface area contributed by atoms with Gasteiger partial charge in [0, 0.05) is 31.6 Å². The molecule has 29 heavy (non-hydrogen) atoms. The van der Waals surface area contributed by atoms with E-state index in [0.717, 1.165) is 24.8 Å². The number of carbonyl (C=O) groups excluding carboxylic acids is 3. The number of amides is 2. The third-order valence-electron chi connectivity index (χ3n) is 7.48. The van der Waals surface area contributed by atoms with Crippen LogP contribution in [0.3, 0.4) is 0 Å². The molecule has 1 unspecified atom stereocenters. The highest BCUT2D eigenvalue weighted by Gasteiger charge is 2.57. The van der Waals surface area contributed by atoms with Crippen LogP contribution in [0.15, 0.2) is 24.3 Å². The van der Waals surface area contributed by atoms with Gasteiger partial charge in [0.05, 0.1) is 24.0 Å². The van der Waals surface area contributed by atoms with Gasteiger partial charge in [0.15, 0.2) is 0 Å². The van der Waals surface area contributed by atoms with E-state index in [1.54, 1.807) is 11.9 Å². The van der Waals surface area contributed by atoms with Crippen molar-refractivity contribution in [2.24, 2.45) is 5.92 Å². The number of hydrogen-bond donors (Lipinski definition) is 0. The molecule has 1 saturated carbocycles. The van der Waals surface area contributed by atoms with Crippen LogP contribution in [0.2, 0.25) is 5.02 Å². The Morgan fingerprint density at radius 2 is 1.72 bits per heavy atom. The van der Waals surface area contributed by atoms with Gasteiger partial charge in [-0.05, 0) is 43.4 Å². The van der Waals surface area contributed by atoms with Crippen LogP contribution in [0, 0.1) is 5.92 Å². The molecule has 0 N–H and O–H groups in total. The molecule has 1 spiro atoms. The maximum Gasteiger partial charge on any atom is 0.311 e. The number of benzene rings is 1. The molecule has 0 radical (unpaired) electrons. The van der Waals surface area contributed by atoms with Gasteiger partial charge in [0.1, 0.15) is 0 Å². The minimum atomic E-state index is -0.548. The second kappa shape index (κ2) is 7.31. The van der Waals surface area contributed by atoms with E-state index >= 15 is 0 Å². The predicted octanol–water partition coefficient (Wildman–Crippen LogP) is 2.77. The van der Waals surface area contributed by atoms with Crippen LogP contribution in [0.1, 0.15) is 44.1 Å². The summed E-state index contributed by atoms with van der Waals surface area (Å²) in [6.07, 6.45) is 4.10. The van der Waals surface area contributed by atoms with Crippen molar-refractivity contribution in [1.82, 2.24) is 9.80 Å². The molecule has 1 aromatic carbocycles. The fourth-order valence-corrected chi connectivity index (χ4v) is 5.56. The lowest BCUT2D eigenvalue weighted by molar-refractivity contribution is -0.151. The molecule has 1 aromatic rings. The van der Waals surface area contributed by atoms with E-state index < -0.39 is 16.9 Å². The summed E-state index contributed by atoms with van der Waals surface area (Å²) in [5.74, 6) is -0.672. The maximum atomic E-state index is 13.5. The Bertz CT molecular complexity index is 826. The average Bonchev–Trinajstić information content (AvgIpc) is 2.93. The van der Waals surface area contributed by atoms with Crippen molar-refractivity contribution in [2.75, 3.05) is 27.2 Å². The summed E-state index contributed by atoms with van der Waals surface area (Å²) in [5.41, 5.74) is 0.0152. The van der Waals surface area contributed by atoms with Gasteiger partial charge in [-0.15, -0.1) is 0 Å². The van der Waals surface area contributed by atoms with Gasteiger partial charge in [-0.3, -0.25) is 14.4 Å². The number of carbonyl (C=O) groups is 3. The zero-order chi connectivity index (χ0) is 20.8. The number of esters is 1. The third-order valence-corrected chi connectivity index (χ3v) is 7.74. The van der Waals surface area contributed by atoms with Crippen molar-refractivity contribution in [1.29, 1.82) is 0 Å². The summed E-state index contributed by atoms with van der Waals surface area (Å²) in [6, 6.07) is 7.61. The standard InChI is InChI=1S/C22H27ClN2O4/c1-24-18(26)14-17(19(27)29-2)22(24)10-12-25(13-11-22)20(28)21(8-3-9-21)15-4-6-16(23)7-5-15/h4-7,17H,3,8-14H2,1-2H3. The van der Waals surface area contributed by atoms with Gasteiger partial charge >= 0.3 is 5.97 Å². The van der Waals surface area contributed by atoms with Crippen molar-refractivity contribution in [3.63, 3.8) is 0 Å². The van der Waals surface area contributed by atoms with E-state index in [4.69, 9.17) is 16.3 Å². The number of hydrogen-bond acceptors (Lipinski definition) is 4. The van der Waals surface area contributed by atoms with E-state index in [2.05, 4.69) is 0 Å². The fraction of sp³-hybridized carbons (Fsp3) is 0.591. The number of halogens is 1. The minimum absolute atomic E-state index is 0.0307. The topological polar surface area (TPSA) is 66.9 Å². The van der Waals surface area contributed by atoms with Crippen molar-refractivity contribution in [2.45, 2.75) is 49.5 Å². The molecule has 3 aliphatic rings. The van der Waals surface area contributed by atoms with Crippen LogP contribution in [0.4, 0.5) is 0 Å². The second-order valence-corrected chi connectivity index (χ2v) is 9.01. The predicted molar refractivity (Wildman–Crippen MR) is 108 cm³/mol. The monoisotopic (exact) mass is 418 g/mol. The van der Waals surface area contributed by atoms with Crippen LogP contribution in [-0.2, 0) is 24.5 Å². The van der Waals surface area contributed by atoms with E-state index in [9.17, 15) is 14.4 Å². The molecule has 2 saturated heterocycles. The van der Waals surface area contributed by atoms with Gasteiger partial charge < -0.3 is 14.5 Å². The number of rotatable bonds is 3. The average molecular weight is 419 g/mol. The number of methoxy groups -OCH3 is 1. The summed E-state index contributed by atoms with van der Waals surface area (Å²) < 4.78 is 4.97. The number of likely N-dealkylation sites (tertiary alicyclic amines) is 2. The second-order valence-electron chi connectivity index (χ2n) is 8.57.